The Morgan fingerprint density at radius 2 is 1.79 bits per heavy atom. The molecule has 2 aliphatic rings. The van der Waals surface area contributed by atoms with Crippen molar-refractivity contribution in [2.24, 2.45) is 18.7 Å². The number of nitrogens with two attached hydrogens (primary N) is 1. The standard InChI is InChI=1S/C44H51F3N8O7/c1-53-39-28(8-5-10-36(39)55(43(53)60)35-16-15-32(56)24-37(35)57)9-6-22-61-21-4-2-3-7-27-11-13-31(14-12-27)54-25-33(38(52-54)40(48)58)50-41(59)34-26-62-42(51-34)29-18-20-49-30(23-29)17-19-44(45,46)47/h5,8,10,18,20,23,25-27,31,35H,2-4,6-7,9,11-17,19,21-22,24H2,1H3,(H2,48,58)(H,50,59). The minimum atomic E-state index is -4.32. The number of para-hydroxylation sites is 1. The maximum Gasteiger partial charge on any atom is 0.389 e. The van der Waals surface area contributed by atoms with Crippen LogP contribution in [0.15, 0.2) is 58.2 Å². The van der Waals surface area contributed by atoms with E-state index in [9.17, 15) is 37.1 Å². The van der Waals surface area contributed by atoms with E-state index in [4.69, 9.17) is 14.9 Å². The van der Waals surface area contributed by atoms with Crippen LogP contribution in [-0.2, 0) is 34.2 Å². The zero-order valence-electron chi connectivity index (χ0n) is 34.6. The Labute approximate surface area is 355 Å². The lowest BCUT2D eigenvalue weighted by molar-refractivity contribution is -0.134. The van der Waals surface area contributed by atoms with E-state index >= 15 is 0 Å². The lowest BCUT2D eigenvalue weighted by Gasteiger charge is -2.28. The molecule has 2 fully saturated rings. The first kappa shape index (κ1) is 44.2. The summed E-state index contributed by atoms with van der Waals surface area (Å²) < 4.78 is 54.3. The number of carbonyl (C=O) groups excluding carboxylic acids is 4. The third kappa shape index (κ3) is 10.6. The van der Waals surface area contributed by atoms with Crippen molar-refractivity contribution in [1.82, 2.24) is 28.9 Å². The van der Waals surface area contributed by atoms with Gasteiger partial charge in [-0.15, -0.1) is 0 Å². The second kappa shape index (κ2) is 19.4. The van der Waals surface area contributed by atoms with Crippen molar-refractivity contribution in [1.29, 1.82) is 0 Å². The number of amides is 2. The Morgan fingerprint density at radius 1 is 1.00 bits per heavy atom. The average Bonchev–Trinajstić information content (AvgIpc) is 3.97. The average molecular weight is 861 g/mol. The van der Waals surface area contributed by atoms with Gasteiger partial charge in [-0.25, -0.2) is 9.78 Å². The number of hydrogen-bond donors (Lipinski definition) is 2. The highest BCUT2D eigenvalue weighted by atomic mass is 19.4. The molecule has 3 N–H and O–H groups in total. The SMILES string of the molecule is Cn1c(=O)n(C2CCC(=O)CC2=O)c2cccc(CCCOCCCCCC3CCC(n4cc(NC(=O)c5coc(-c6ccnc(CCC(F)(F)F)c6)n5)c(C(N)=O)n4)CC3)c21. The number of alkyl halides is 3. The molecular formula is C44H51F3N8O7. The molecule has 7 rings (SSSR count). The quantitative estimate of drug-likeness (QED) is 0.0669. The summed E-state index contributed by atoms with van der Waals surface area (Å²) in [6.45, 7) is 1.27. The summed E-state index contributed by atoms with van der Waals surface area (Å²) in [7, 11) is 1.73. The number of hydrogen-bond acceptors (Lipinski definition) is 10. The molecule has 4 aromatic heterocycles. The molecule has 0 radical (unpaired) electrons. The number of ketones is 2. The van der Waals surface area contributed by atoms with Crippen molar-refractivity contribution < 1.29 is 41.5 Å². The van der Waals surface area contributed by atoms with Gasteiger partial charge < -0.3 is 20.2 Å². The highest BCUT2D eigenvalue weighted by Gasteiger charge is 2.32. The fourth-order valence-electron chi connectivity index (χ4n) is 8.70. The molecule has 0 bridgehead atoms. The number of nitrogens with zero attached hydrogens (tertiary/aromatic N) is 6. The van der Waals surface area contributed by atoms with E-state index in [1.807, 2.05) is 18.2 Å². The van der Waals surface area contributed by atoms with Gasteiger partial charge in [-0.05, 0) is 87.5 Å². The summed E-state index contributed by atoms with van der Waals surface area (Å²) in [5.41, 5.74) is 8.47. The number of benzene rings is 1. The zero-order chi connectivity index (χ0) is 44.0. The van der Waals surface area contributed by atoms with Crippen LogP contribution in [0.25, 0.3) is 22.5 Å². The molecule has 18 heteroatoms. The number of aryl methyl sites for hydroxylation is 3. The number of anilines is 1. The first-order valence-electron chi connectivity index (χ1n) is 21.2. The Kier molecular flexibility index (Phi) is 13.8. The van der Waals surface area contributed by atoms with Crippen LogP contribution >= 0.6 is 0 Å². The van der Waals surface area contributed by atoms with E-state index in [1.165, 1.54) is 18.3 Å². The number of halogens is 3. The maximum absolute atomic E-state index is 13.2. The molecule has 4 heterocycles. The molecule has 5 aromatic rings. The van der Waals surface area contributed by atoms with E-state index < -0.39 is 30.5 Å². The van der Waals surface area contributed by atoms with Gasteiger partial charge in [-0.2, -0.15) is 18.3 Å². The van der Waals surface area contributed by atoms with Crippen LogP contribution in [0.5, 0.6) is 0 Å². The summed E-state index contributed by atoms with van der Waals surface area (Å²) in [4.78, 5) is 71.3. The Bertz CT molecular complexity index is 2480. The van der Waals surface area contributed by atoms with E-state index in [1.54, 1.807) is 27.1 Å². The molecule has 2 saturated carbocycles. The molecule has 1 unspecified atom stereocenters. The third-order valence-corrected chi connectivity index (χ3v) is 11.9. The number of primary amides is 1. The third-order valence-electron chi connectivity index (χ3n) is 11.9. The molecular weight excluding hydrogens is 810 g/mol. The Morgan fingerprint density at radius 3 is 2.55 bits per heavy atom. The van der Waals surface area contributed by atoms with E-state index in [-0.39, 0.29) is 64.8 Å². The molecule has 1 aromatic carbocycles. The molecule has 1 atom stereocenters. The lowest BCUT2D eigenvalue weighted by Crippen LogP contribution is -2.34. The number of rotatable bonds is 18. The fourth-order valence-corrected chi connectivity index (χ4v) is 8.70. The molecule has 15 nitrogen and oxygen atoms in total. The van der Waals surface area contributed by atoms with Gasteiger partial charge in [-0.3, -0.25) is 38.0 Å². The van der Waals surface area contributed by atoms with E-state index in [0.717, 1.165) is 87.1 Å². The number of fused-ring (bicyclic) bond motifs is 1. The van der Waals surface area contributed by atoms with E-state index in [0.29, 0.717) is 37.5 Å². The lowest BCUT2D eigenvalue weighted by atomic mass is 9.83. The molecule has 330 valence electrons. The molecule has 0 spiro atoms. The summed E-state index contributed by atoms with van der Waals surface area (Å²) in [5.74, 6) is -1.14. The number of carbonyl (C=O) groups is 4. The molecule has 2 aliphatic carbocycles. The number of aromatic nitrogens is 6. The zero-order valence-corrected chi connectivity index (χ0v) is 34.6. The van der Waals surface area contributed by atoms with Crippen LogP contribution in [0.2, 0.25) is 0 Å². The van der Waals surface area contributed by atoms with Gasteiger partial charge in [0, 0.05) is 56.8 Å². The molecule has 62 heavy (non-hydrogen) atoms. The highest BCUT2D eigenvalue weighted by Crippen LogP contribution is 2.36. The number of Topliss-reactive ketones (excluding diaryl/α,β-unsaturated/α-hetero) is 2. The second-order valence-corrected chi connectivity index (χ2v) is 16.4. The second-order valence-electron chi connectivity index (χ2n) is 16.4. The monoisotopic (exact) mass is 860 g/mol. The summed E-state index contributed by atoms with van der Waals surface area (Å²) in [6, 6.07) is 8.16. The first-order valence-corrected chi connectivity index (χ1v) is 21.2. The molecule has 0 aliphatic heterocycles. The fraction of sp³-hybridized carbons (Fsp3) is 0.500. The van der Waals surface area contributed by atoms with Gasteiger partial charge in [0.05, 0.1) is 35.2 Å². The van der Waals surface area contributed by atoms with E-state index in [2.05, 4.69) is 20.4 Å². The van der Waals surface area contributed by atoms with Crippen LogP contribution in [0, 0.1) is 5.92 Å². The van der Waals surface area contributed by atoms with Crippen LogP contribution in [0.3, 0.4) is 0 Å². The highest BCUT2D eigenvalue weighted by molar-refractivity contribution is 6.07. The van der Waals surface area contributed by atoms with Gasteiger partial charge in [-0.1, -0.05) is 31.4 Å². The number of ether oxygens (including phenoxy) is 1. The van der Waals surface area contributed by atoms with Gasteiger partial charge in [0.1, 0.15) is 12.0 Å². The van der Waals surface area contributed by atoms with Crippen molar-refractivity contribution in [3.05, 3.63) is 82.1 Å². The number of imidazole rings is 1. The van der Waals surface area contributed by atoms with Gasteiger partial charge >= 0.3 is 11.9 Å². The maximum atomic E-state index is 13.2. The number of oxazole rings is 1. The van der Waals surface area contributed by atoms with Gasteiger partial charge in [0.25, 0.3) is 11.8 Å². The Hall–Kier alpha value is -5.91. The number of pyridine rings is 1. The predicted octanol–water partition coefficient (Wildman–Crippen LogP) is 7.24. The minimum Gasteiger partial charge on any atom is -0.444 e. The van der Waals surface area contributed by atoms with Crippen molar-refractivity contribution in [3.63, 3.8) is 0 Å². The molecule has 2 amide bonds. The Balaban J connectivity index is 0.812. The topological polar surface area (TPSA) is 199 Å². The van der Waals surface area contributed by atoms with Crippen molar-refractivity contribution in [2.45, 2.75) is 115 Å². The summed E-state index contributed by atoms with van der Waals surface area (Å²) in [5, 5.41) is 7.08. The molecule has 0 saturated heterocycles. The number of nitrogens with one attached hydrogen (secondary N) is 1. The smallest absolute Gasteiger partial charge is 0.389 e. The van der Waals surface area contributed by atoms with Gasteiger partial charge in [0.2, 0.25) is 5.89 Å². The van der Waals surface area contributed by atoms with Crippen molar-refractivity contribution in [3.8, 4) is 11.5 Å². The number of unbranched alkanes of at least 4 members (excludes halogenated alkanes) is 2. The first-order chi connectivity index (χ1) is 29.8. The van der Waals surface area contributed by atoms with Gasteiger partial charge in [0.15, 0.2) is 17.2 Å². The normalized spacial score (nSPS) is 18.4. The van der Waals surface area contributed by atoms with Crippen LogP contribution < -0.4 is 16.7 Å². The van der Waals surface area contributed by atoms with Crippen molar-refractivity contribution in [2.75, 3.05) is 18.5 Å². The minimum absolute atomic E-state index is 0.0275. The summed E-state index contributed by atoms with van der Waals surface area (Å²) >= 11 is 0. The van der Waals surface area contributed by atoms with Crippen LogP contribution in [0.1, 0.15) is 128 Å². The van der Waals surface area contributed by atoms with Crippen LogP contribution in [-0.4, -0.2) is 71.7 Å². The summed E-state index contributed by atoms with van der Waals surface area (Å²) in [6.07, 6.45) is 8.42. The predicted molar refractivity (Wildman–Crippen MR) is 221 cm³/mol. The van der Waals surface area contributed by atoms with Crippen molar-refractivity contribution >= 4 is 40.1 Å². The van der Waals surface area contributed by atoms with Crippen LogP contribution in [0.4, 0.5) is 18.9 Å². The largest absolute Gasteiger partial charge is 0.444 e.